The maximum Gasteiger partial charge on any atom is 0.257 e. The number of amides is 2. The molecule has 6 nitrogen and oxygen atoms in total. The highest BCUT2D eigenvalue weighted by atomic mass is 16.5. The Balaban J connectivity index is 1.61. The van der Waals surface area contributed by atoms with Crippen molar-refractivity contribution in [3.63, 3.8) is 0 Å². The number of nitrogens with one attached hydrogen (secondary N) is 1. The number of carbonyl (C=O) groups excluding carboxylic acids is 2. The zero-order chi connectivity index (χ0) is 15.1. The number of benzene rings is 1. The molecule has 2 rings (SSSR count). The SMILES string of the molecule is Nc1ccc(OCC(=O)NCCC(=O)N2CCCC2)cc1. The summed E-state index contributed by atoms with van der Waals surface area (Å²) in [6, 6.07) is 6.84. The van der Waals surface area contributed by atoms with E-state index in [1.54, 1.807) is 24.3 Å². The lowest BCUT2D eigenvalue weighted by Gasteiger charge is -2.15. The fourth-order valence-electron chi connectivity index (χ4n) is 2.20. The molecule has 0 aromatic heterocycles. The molecule has 1 fully saturated rings. The summed E-state index contributed by atoms with van der Waals surface area (Å²) in [4.78, 5) is 25.2. The van der Waals surface area contributed by atoms with Crippen LogP contribution in [0, 0.1) is 0 Å². The summed E-state index contributed by atoms with van der Waals surface area (Å²) in [5.74, 6) is 0.459. The third-order valence-electron chi connectivity index (χ3n) is 3.37. The Hall–Kier alpha value is -2.24. The van der Waals surface area contributed by atoms with Gasteiger partial charge >= 0.3 is 0 Å². The van der Waals surface area contributed by atoms with Gasteiger partial charge in [0.05, 0.1) is 0 Å². The number of anilines is 1. The minimum atomic E-state index is -0.235. The minimum Gasteiger partial charge on any atom is -0.484 e. The Labute approximate surface area is 124 Å². The van der Waals surface area contributed by atoms with Crippen LogP contribution in [0.15, 0.2) is 24.3 Å². The van der Waals surface area contributed by atoms with Gasteiger partial charge in [-0.1, -0.05) is 0 Å². The number of nitrogen functional groups attached to an aromatic ring is 1. The van der Waals surface area contributed by atoms with E-state index in [2.05, 4.69) is 5.32 Å². The summed E-state index contributed by atoms with van der Waals surface area (Å²) >= 11 is 0. The average molecular weight is 291 g/mol. The van der Waals surface area contributed by atoms with Crippen LogP contribution in [0.4, 0.5) is 5.69 Å². The second-order valence-electron chi connectivity index (χ2n) is 5.05. The van der Waals surface area contributed by atoms with E-state index in [1.165, 1.54) is 0 Å². The van der Waals surface area contributed by atoms with Gasteiger partial charge in [0, 0.05) is 31.7 Å². The van der Waals surface area contributed by atoms with E-state index in [0.29, 0.717) is 24.4 Å². The van der Waals surface area contributed by atoms with E-state index < -0.39 is 0 Å². The van der Waals surface area contributed by atoms with Crippen LogP contribution in [-0.4, -0.2) is 43.0 Å². The van der Waals surface area contributed by atoms with Crippen molar-refractivity contribution in [2.24, 2.45) is 0 Å². The summed E-state index contributed by atoms with van der Waals surface area (Å²) in [5, 5.41) is 2.68. The van der Waals surface area contributed by atoms with E-state index in [-0.39, 0.29) is 18.4 Å². The summed E-state index contributed by atoms with van der Waals surface area (Å²) < 4.78 is 5.32. The van der Waals surface area contributed by atoms with Crippen LogP contribution >= 0.6 is 0 Å². The van der Waals surface area contributed by atoms with Gasteiger partial charge in [0.25, 0.3) is 5.91 Å². The predicted molar refractivity (Wildman–Crippen MR) is 79.8 cm³/mol. The van der Waals surface area contributed by atoms with Gasteiger partial charge in [0.15, 0.2) is 6.61 Å². The molecule has 1 aliphatic rings. The van der Waals surface area contributed by atoms with Crippen molar-refractivity contribution in [1.82, 2.24) is 10.2 Å². The summed E-state index contributed by atoms with van der Waals surface area (Å²) in [6.45, 7) is 1.96. The number of ether oxygens (including phenoxy) is 1. The van der Waals surface area contributed by atoms with Crippen molar-refractivity contribution in [1.29, 1.82) is 0 Å². The molecule has 114 valence electrons. The molecule has 2 amide bonds. The highest BCUT2D eigenvalue weighted by molar-refractivity contribution is 5.80. The molecule has 1 aromatic carbocycles. The molecule has 0 saturated carbocycles. The second-order valence-corrected chi connectivity index (χ2v) is 5.05. The largest absolute Gasteiger partial charge is 0.484 e. The van der Waals surface area contributed by atoms with E-state index in [0.717, 1.165) is 25.9 Å². The molecule has 0 atom stereocenters. The number of likely N-dealkylation sites (tertiary alicyclic amines) is 1. The topological polar surface area (TPSA) is 84.7 Å². The summed E-state index contributed by atoms with van der Waals surface area (Å²) in [7, 11) is 0. The molecule has 1 saturated heterocycles. The molecule has 3 N–H and O–H groups in total. The Kier molecular flexibility index (Phi) is 5.43. The van der Waals surface area contributed by atoms with Gasteiger partial charge in [0.1, 0.15) is 5.75 Å². The zero-order valence-electron chi connectivity index (χ0n) is 12.0. The van der Waals surface area contributed by atoms with Gasteiger partial charge in [-0.15, -0.1) is 0 Å². The maximum atomic E-state index is 11.8. The Morgan fingerprint density at radius 2 is 1.86 bits per heavy atom. The van der Waals surface area contributed by atoms with E-state index in [1.807, 2.05) is 4.90 Å². The zero-order valence-corrected chi connectivity index (χ0v) is 12.0. The molecule has 0 bridgehead atoms. The van der Waals surface area contributed by atoms with Crippen molar-refractivity contribution >= 4 is 17.5 Å². The monoisotopic (exact) mass is 291 g/mol. The van der Waals surface area contributed by atoms with E-state index in [4.69, 9.17) is 10.5 Å². The van der Waals surface area contributed by atoms with Crippen LogP contribution in [0.2, 0.25) is 0 Å². The molecule has 0 unspecified atom stereocenters. The van der Waals surface area contributed by atoms with Gasteiger partial charge in [-0.2, -0.15) is 0 Å². The van der Waals surface area contributed by atoms with Crippen LogP contribution in [-0.2, 0) is 9.59 Å². The van der Waals surface area contributed by atoms with Crippen LogP contribution in [0.3, 0.4) is 0 Å². The number of nitrogens with zero attached hydrogens (tertiary/aromatic N) is 1. The number of hydrogen-bond acceptors (Lipinski definition) is 4. The molecular weight excluding hydrogens is 270 g/mol. The van der Waals surface area contributed by atoms with Crippen molar-refractivity contribution in [3.8, 4) is 5.75 Å². The first-order valence-electron chi connectivity index (χ1n) is 7.18. The number of nitrogens with two attached hydrogens (primary N) is 1. The molecule has 1 aliphatic heterocycles. The average Bonchev–Trinajstić information content (AvgIpc) is 3.01. The van der Waals surface area contributed by atoms with Crippen LogP contribution in [0.1, 0.15) is 19.3 Å². The second kappa shape index (κ2) is 7.52. The number of rotatable bonds is 6. The van der Waals surface area contributed by atoms with Gasteiger partial charge in [-0.05, 0) is 37.1 Å². The van der Waals surface area contributed by atoms with Crippen LogP contribution in [0.5, 0.6) is 5.75 Å². The van der Waals surface area contributed by atoms with Gasteiger partial charge in [-0.3, -0.25) is 9.59 Å². The Morgan fingerprint density at radius 3 is 2.52 bits per heavy atom. The minimum absolute atomic E-state index is 0.0676. The number of carbonyl (C=O) groups is 2. The highest BCUT2D eigenvalue weighted by Gasteiger charge is 2.17. The lowest BCUT2D eigenvalue weighted by molar-refractivity contribution is -0.130. The third kappa shape index (κ3) is 4.98. The Morgan fingerprint density at radius 1 is 1.19 bits per heavy atom. The van der Waals surface area contributed by atoms with Crippen molar-refractivity contribution < 1.29 is 14.3 Å². The predicted octanol–water partition coefficient (Wildman–Crippen LogP) is 0.776. The molecule has 6 heteroatoms. The van der Waals surface area contributed by atoms with Crippen molar-refractivity contribution in [2.75, 3.05) is 32.0 Å². The van der Waals surface area contributed by atoms with Crippen LogP contribution in [0.25, 0.3) is 0 Å². The smallest absolute Gasteiger partial charge is 0.257 e. The normalized spacial score (nSPS) is 14.0. The maximum absolute atomic E-state index is 11.8. The van der Waals surface area contributed by atoms with Gasteiger partial charge in [-0.25, -0.2) is 0 Å². The fourth-order valence-corrected chi connectivity index (χ4v) is 2.20. The third-order valence-corrected chi connectivity index (χ3v) is 3.37. The Bertz CT molecular complexity index is 481. The molecule has 21 heavy (non-hydrogen) atoms. The first-order valence-corrected chi connectivity index (χ1v) is 7.18. The van der Waals surface area contributed by atoms with Gasteiger partial charge < -0.3 is 20.7 Å². The van der Waals surface area contributed by atoms with E-state index in [9.17, 15) is 9.59 Å². The van der Waals surface area contributed by atoms with Crippen molar-refractivity contribution in [3.05, 3.63) is 24.3 Å². The first-order chi connectivity index (χ1) is 10.1. The summed E-state index contributed by atoms with van der Waals surface area (Å²) in [6.07, 6.45) is 2.49. The lowest BCUT2D eigenvalue weighted by atomic mass is 10.3. The molecule has 0 spiro atoms. The van der Waals surface area contributed by atoms with Crippen molar-refractivity contribution in [2.45, 2.75) is 19.3 Å². The molecular formula is C15H21N3O3. The molecule has 1 heterocycles. The van der Waals surface area contributed by atoms with E-state index >= 15 is 0 Å². The fraction of sp³-hybridized carbons (Fsp3) is 0.467. The standard InChI is InChI=1S/C15H21N3O3/c16-12-3-5-13(6-4-12)21-11-14(19)17-8-7-15(20)18-9-1-2-10-18/h3-6H,1-2,7-11,16H2,(H,17,19). The highest BCUT2D eigenvalue weighted by Crippen LogP contribution is 2.12. The van der Waals surface area contributed by atoms with Crippen LogP contribution < -0.4 is 15.8 Å². The molecule has 0 radical (unpaired) electrons. The molecule has 0 aliphatic carbocycles. The lowest BCUT2D eigenvalue weighted by Crippen LogP contribution is -2.34. The van der Waals surface area contributed by atoms with Gasteiger partial charge in [0.2, 0.25) is 5.91 Å². The molecule has 1 aromatic rings. The first kappa shape index (κ1) is 15.2. The summed E-state index contributed by atoms with van der Waals surface area (Å²) in [5.41, 5.74) is 6.20. The quantitative estimate of drug-likeness (QED) is 0.758. The number of hydrogen-bond donors (Lipinski definition) is 2.